The largest absolute Gasteiger partial charge is 0.110 e. The summed E-state index contributed by atoms with van der Waals surface area (Å²) < 4.78 is -0.0186. The van der Waals surface area contributed by atoms with Crippen molar-refractivity contribution >= 4 is 32.7 Å². The quantitative estimate of drug-likeness (QED) is 0.303. The van der Waals surface area contributed by atoms with Crippen LogP contribution >= 0.6 is 23.2 Å². The van der Waals surface area contributed by atoms with Gasteiger partial charge in [0.15, 0.2) is 0 Å². The molecule has 0 aromatic carbocycles. The fourth-order valence-electron chi connectivity index (χ4n) is 2.93. The summed E-state index contributed by atoms with van der Waals surface area (Å²) in [5.41, 5.74) is 0. The van der Waals surface area contributed by atoms with Crippen LogP contribution in [-0.2, 0) is 0 Å². The Morgan fingerprint density at radius 3 is 2.71 bits per heavy atom. The van der Waals surface area contributed by atoms with Gasteiger partial charge < -0.3 is 0 Å². The van der Waals surface area contributed by atoms with E-state index in [0.717, 1.165) is 17.8 Å². The van der Waals surface area contributed by atoms with Crippen molar-refractivity contribution in [1.29, 1.82) is 0 Å². The van der Waals surface area contributed by atoms with E-state index in [4.69, 9.17) is 23.2 Å². The lowest BCUT2D eigenvalue weighted by Gasteiger charge is -2.17. The normalized spacial score (nSPS) is 35.5. The van der Waals surface area contributed by atoms with Crippen LogP contribution in [0, 0.1) is 17.8 Å². The molecule has 14 heavy (non-hydrogen) atoms. The second-order valence-electron chi connectivity index (χ2n) is 4.72. The van der Waals surface area contributed by atoms with Gasteiger partial charge in [-0.25, -0.2) is 0 Å². The fraction of sp³-hybridized carbons (Fsp3) is 0.818. The third-order valence-corrected chi connectivity index (χ3v) is 6.32. The van der Waals surface area contributed by atoms with E-state index in [0.29, 0.717) is 0 Å². The lowest BCUT2D eigenvalue weighted by Crippen LogP contribution is -2.08. The molecule has 2 bridgehead atoms. The molecular weight excluding hydrogens is 231 g/mol. The van der Waals surface area contributed by atoms with Gasteiger partial charge in [0.2, 0.25) is 0 Å². The highest BCUT2D eigenvalue weighted by Gasteiger charge is 2.34. The molecule has 3 heteroatoms. The Kier molecular flexibility index (Phi) is 3.98. The molecule has 2 aliphatic rings. The second kappa shape index (κ2) is 5.04. The third-order valence-electron chi connectivity index (χ3n) is 3.66. The van der Waals surface area contributed by atoms with Crippen LogP contribution in [-0.4, -0.2) is 14.0 Å². The molecule has 0 heterocycles. The summed E-state index contributed by atoms with van der Waals surface area (Å²) in [4.78, 5) is 0. The summed E-state index contributed by atoms with van der Waals surface area (Å²) in [6, 6.07) is 1.33. The molecule has 0 aromatic rings. The van der Waals surface area contributed by atoms with Crippen LogP contribution in [0.25, 0.3) is 0 Å². The molecule has 2 aliphatic carbocycles. The predicted molar refractivity (Wildman–Crippen MR) is 66.9 cm³/mol. The topological polar surface area (TPSA) is 0 Å². The molecule has 80 valence electrons. The molecule has 0 amide bonds. The summed E-state index contributed by atoms with van der Waals surface area (Å²) >= 11 is 11.5. The summed E-state index contributed by atoms with van der Waals surface area (Å²) in [7, 11) is -0.191. The molecular formula is C11H18Cl2Si. The molecule has 2 rings (SSSR count). The summed E-state index contributed by atoms with van der Waals surface area (Å²) in [6.45, 7) is 0. The number of hydrogen-bond donors (Lipinski definition) is 0. The van der Waals surface area contributed by atoms with E-state index in [2.05, 4.69) is 12.2 Å². The molecule has 0 N–H and O–H groups in total. The first-order valence-electron chi connectivity index (χ1n) is 5.72. The second-order valence-corrected chi connectivity index (χ2v) is 9.13. The van der Waals surface area contributed by atoms with Gasteiger partial charge >= 0.3 is 0 Å². The van der Waals surface area contributed by atoms with Crippen LogP contribution in [0.5, 0.6) is 0 Å². The number of alkyl halides is 2. The number of hydrogen-bond acceptors (Lipinski definition) is 0. The van der Waals surface area contributed by atoms with Crippen molar-refractivity contribution < 1.29 is 0 Å². The Morgan fingerprint density at radius 2 is 2.14 bits per heavy atom. The van der Waals surface area contributed by atoms with E-state index >= 15 is 0 Å². The van der Waals surface area contributed by atoms with Crippen molar-refractivity contribution in [2.45, 2.75) is 36.2 Å². The minimum Gasteiger partial charge on any atom is -0.110 e. The lowest BCUT2D eigenvalue weighted by atomic mass is 9.90. The van der Waals surface area contributed by atoms with Crippen LogP contribution in [0.3, 0.4) is 0 Å². The molecule has 0 aliphatic heterocycles. The van der Waals surface area contributed by atoms with Gasteiger partial charge in [0.1, 0.15) is 0 Å². The monoisotopic (exact) mass is 248 g/mol. The molecule has 0 saturated heterocycles. The molecule has 0 spiro atoms. The van der Waals surface area contributed by atoms with Gasteiger partial charge in [-0.2, -0.15) is 0 Å². The first-order chi connectivity index (χ1) is 6.75. The number of rotatable bonds is 5. The third kappa shape index (κ3) is 2.77. The molecule has 3 unspecified atom stereocenters. The lowest BCUT2D eigenvalue weighted by molar-refractivity contribution is 0.411. The highest BCUT2D eigenvalue weighted by molar-refractivity contribution is 6.68. The first kappa shape index (κ1) is 11.0. The molecule has 0 aromatic heterocycles. The molecule has 0 nitrogen and oxygen atoms in total. The van der Waals surface area contributed by atoms with Crippen molar-refractivity contribution in [3.63, 3.8) is 0 Å². The molecule has 0 radical (unpaired) electrons. The summed E-state index contributed by atoms with van der Waals surface area (Å²) in [6.07, 6.45) is 10.5. The summed E-state index contributed by atoms with van der Waals surface area (Å²) in [5, 5.41) is 0. The zero-order valence-corrected chi connectivity index (χ0v) is 11.4. The van der Waals surface area contributed by atoms with E-state index in [9.17, 15) is 0 Å². The first-order valence-corrected chi connectivity index (χ1v) is 8.41. The van der Waals surface area contributed by atoms with Crippen LogP contribution in [0.2, 0.25) is 6.04 Å². The average Bonchev–Trinajstić information content (AvgIpc) is 2.73. The maximum absolute atomic E-state index is 5.75. The standard InChI is InChI=1S/C11H18Cl2Si/c12-11(13)14-5-1-2-9-6-8-3-4-10(9)7-8/h3-4,8-11H,1-2,5-7,14H2. The average molecular weight is 249 g/mol. The fourth-order valence-corrected chi connectivity index (χ4v) is 4.74. The number of halogens is 2. The Morgan fingerprint density at radius 1 is 1.29 bits per heavy atom. The zero-order valence-electron chi connectivity index (χ0n) is 8.46. The van der Waals surface area contributed by atoms with Gasteiger partial charge in [-0.3, -0.25) is 0 Å². The van der Waals surface area contributed by atoms with E-state index < -0.39 is 0 Å². The Bertz CT molecular complexity index is 215. The summed E-state index contributed by atoms with van der Waals surface area (Å²) in [5.74, 6) is 2.84. The van der Waals surface area contributed by atoms with E-state index in [1.54, 1.807) is 0 Å². The van der Waals surface area contributed by atoms with Gasteiger partial charge in [0.25, 0.3) is 0 Å². The highest BCUT2D eigenvalue weighted by atomic mass is 35.5. The highest BCUT2D eigenvalue weighted by Crippen LogP contribution is 2.45. The number of fused-ring (bicyclic) bond motifs is 2. The maximum atomic E-state index is 5.75. The van der Waals surface area contributed by atoms with Crippen LogP contribution < -0.4 is 0 Å². The molecule has 1 saturated carbocycles. The number of allylic oxidation sites excluding steroid dienone is 2. The van der Waals surface area contributed by atoms with Gasteiger partial charge in [-0.05, 0) is 30.6 Å². The van der Waals surface area contributed by atoms with Crippen LogP contribution in [0.15, 0.2) is 12.2 Å². The van der Waals surface area contributed by atoms with Crippen LogP contribution in [0.4, 0.5) is 0 Å². The van der Waals surface area contributed by atoms with Crippen molar-refractivity contribution in [1.82, 2.24) is 0 Å². The SMILES string of the molecule is ClC(Cl)[SiH2]CCCC1CC2C=CC1C2. The van der Waals surface area contributed by atoms with Crippen LogP contribution in [0.1, 0.15) is 25.7 Å². The Hall–Kier alpha value is 0.537. The predicted octanol–water partition coefficient (Wildman–Crippen LogP) is 3.33. The smallest absolute Gasteiger partial charge is 0.0908 e. The van der Waals surface area contributed by atoms with E-state index in [1.807, 2.05) is 0 Å². The zero-order chi connectivity index (χ0) is 9.97. The molecule has 3 atom stereocenters. The van der Waals surface area contributed by atoms with Gasteiger partial charge in [-0.15, -0.1) is 23.2 Å². The van der Waals surface area contributed by atoms with Crippen molar-refractivity contribution in [3.05, 3.63) is 12.2 Å². The van der Waals surface area contributed by atoms with Crippen molar-refractivity contribution in [2.24, 2.45) is 17.8 Å². The van der Waals surface area contributed by atoms with Crippen molar-refractivity contribution in [2.75, 3.05) is 0 Å². The van der Waals surface area contributed by atoms with Gasteiger partial charge in [0, 0.05) is 0 Å². The van der Waals surface area contributed by atoms with Crippen molar-refractivity contribution in [3.8, 4) is 0 Å². The van der Waals surface area contributed by atoms with Gasteiger partial charge in [-0.1, -0.05) is 31.0 Å². The molecule has 1 fully saturated rings. The van der Waals surface area contributed by atoms with E-state index in [1.165, 1.54) is 31.7 Å². The van der Waals surface area contributed by atoms with Gasteiger partial charge in [0.05, 0.1) is 14.0 Å². The Labute approximate surface area is 98.9 Å². The minimum atomic E-state index is -0.191. The maximum Gasteiger partial charge on any atom is 0.0908 e. The van der Waals surface area contributed by atoms with E-state index in [-0.39, 0.29) is 14.0 Å². The minimum absolute atomic E-state index is 0.0186. The Balaban J connectivity index is 1.61.